The molecule has 0 unspecified atom stereocenters. The first-order valence-electron chi connectivity index (χ1n) is 9.21. The van der Waals surface area contributed by atoms with Crippen molar-refractivity contribution >= 4 is 39.0 Å². The number of ketones is 1. The Bertz CT molecular complexity index is 1060. The molecule has 4 rings (SSSR count). The van der Waals surface area contributed by atoms with Gasteiger partial charge < -0.3 is 10.1 Å². The van der Waals surface area contributed by atoms with Gasteiger partial charge in [-0.05, 0) is 58.4 Å². The van der Waals surface area contributed by atoms with Gasteiger partial charge in [-0.1, -0.05) is 12.1 Å². The number of halogens is 2. The Morgan fingerprint density at radius 1 is 1.31 bits per heavy atom. The zero-order valence-electron chi connectivity index (χ0n) is 15.9. The van der Waals surface area contributed by atoms with Crippen LogP contribution in [0.25, 0.3) is 0 Å². The Labute approximate surface area is 180 Å². The second-order valence-electron chi connectivity index (χ2n) is 7.20. The average Bonchev–Trinajstić information content (AvgIpc) is 3.23. The summed E-state index contributed by atoms with van der Waals surface area (Å²) in [5.41, 5.74) is 3.11. The van der Waals surface area contributed by atoms with E-state index in [1.165, 1.54) is 18.1 Å². The quantitative estimate of drug-likeness (QED) is 0.620. The lowest BCUT2D eigenvalue weighted by Gasteiger charge is -2.36. The Morgan fingerprint density at radius 2 is 2.10 bits per heavy atom. The summed E-state index contributed by atoms with van der Waals surface area (Å²) in [5, 5.41) is 5.30. The van der Waals surface area contributed by atoms with Crippen LogP contribution in [0.5, 0.6) is 0 Å². The van der Waals surface area contributed by atoms with E-state index in [4.69, 9.17) is 4.74 Å². The van der Waals surface area contributed by atoms with E-state index in [0.717, 1.165) is 5.70 Å². The van der Waals surface area contributed by atoms with Crippen molar-refractivity contribution in [1.29, 1.82) is 0 Å². The summed E-state index contributed by atoms with van der Waals surface area (Å²) in [6.45, 7) is 1.81. The van der Waals surface area contributed by atoms with Gasteiger partial charge in [0.15, 0.2) is 5.78 Å². The van der Waals surface area contributed by atoms with Crippen LogP contribution in [0.2, 0.25) is 0 Å². The van der Waals surface area contributed by atoms with Gasteiger partial charge in [-0.2, -0.15) is 0 Å². The summed E-state index contributed by atoms with van der Waals surface area (Å²) in [4.78, 5) is 27.1. The number of hydrogen-bond acceptors (Lipinski definition) is 5. The number of benzene rings is 1. The van der Waals surface area contributed by atoms with Crippen LogP contribution in [0, 0.1) is 5.82 Å². The number of allylic oxidation sites excluding steroid dienone is 3. The van der Waals surface area contributed by atoms with Crippen molar-refractivity contribution in [2.75, 3.05) is 7.11 Å². The minimum atomic E-state index is -0.590. The fourth-order valence-corrected chi connectivity index (χ4v) is 5.40. The van der Waals surface area contributed by atoms with Gasteiger partial charge >= 0.3 is 5.97 Å². The van der Waals surface area contributed by atoms with E-state index in [0.29, 0.717) is 35.2 Å². The molecule has 0 spiro atoms. The molecule has 0 radical (unpaired) electrons. The summed E-state index contributed by atoms with van der Waals surface area (Å²) in [5.74, 6) is -1.38. The second kappa shape index (κ2) is 7.88. The third-order valence-electron chi connectivity index (χ3n) is 5.46. The zero-order valence-corrected chi connectivity index (χ0v) is 18.3. The van der Waals surface area contributed by atoms with E-state index in [2.05, 4.69) is 21.2 Å². The number of hydrogen-bond donors (Lipinski definition) is 1. The third-order valence-corrected chi connectivity index (χ3v) is 7.10. The minimum Gasteiger partial charge on any atom is -0.466 e. The van der Waals surface area contributed by atoms with Crippen LogP contribution >= 0.6 is 27.3 Å². The second-order valence-corrected chi connectivity index (χ2v) is 9.03. The van der Waals surface area contributed by atoms with E-state index >= 15 is 0 Å². The first-order valence-corrected chi connectivity index (χ1v) is 10.9. The third kappa shape index (κ3) is 3.57. The van der Waals surface area contributed by atoms with E-state index in [9.17, 15) is 14.0 Å². The molecule has 0 amide bonds. The van der Waals surface area contributed by atoms with Gasteiger partial charge in [-0.25, -0.2) is 9.18 Å². The molecule has 1 N–H and O–H groups in total. The molecule has 7 heteroatoms. The van der Waals surface area contributed by atoms with E-state index in [1.807, 2.05) is 17.5 Å². The maximum absolute atomic E-state index is 13.8. The van der Waals surface area contributed by atoms with Crippen molar-refractivity contribution in [1.82, 2.24) is 5.32 Å². The normalized spacial score (nSPS) is 21.7. The highest BCUT2D eigenvalue weighted by Crippen LogP contribution is 2.46. The summed E-state index contributed by atoms with van der Waals surface area (Å²) >= 11 is 4.86. The monoisotopic (exact) mass is 475 g/mol. The van der Waals surface area contributed by atoms with Gasteiger partial charge in [0.1, 0.15) is 5.82 Å². The molecule has 0 saturated carbocycles. The number of thiophene rings is 1. The highest BCUT2D eigenvalue weighted by Gasteiger charge is 2.41. The topological polar surface area (TPSA) is 55.4 Å². The van der Waals surface area contributed by atoms with Crippen molar-refractivity contribution in [3.8, 4) is 0 Å². The number of Topliss-reactive ketones (excluding diaryl/α,β-unsaturated/α-hetero) is 1. The molecule has 2 aromatic rings. The SMILES string of the molecule is COC(=O)C1=C(C)NC2=C(C(=O)C[C@@H](c3cccs3)C2)[C@@H]1c1ccc(F)c(Br)c1. The number of methoxy groups -OCH3 is 1. The maximum atomic E-state index is 13.8. The van der Waals surface area contributed by atoms with Crippen molar-refractivity contribution in [3.63, 3.8) is 0 Å². The summed E-state index contributed by atoms with van der Waals surface area (Å²) in [6, 6.07) is 8.63. The predicted molar refractivity (Wildman–Crippen MR) is 113 cm³/mol. The van der Waals surface area contributed by atoms with Crippen LogP contribution in [-0.2, 0) is 14.3 Å². The van der Waals surface area contributed by atoms with Crippen molar-refractivity contribution in [2.24, 2.45) is 0 Å². The van der Waals surface area contributed by atoms with Gasteiger partial charge in [0.25, 0.3) is 0 Å². The molecular weight excluding hydrogens is 457 g/mol. The van der Waals surface area contributed by atoms with E-state index in [-0.39, 0.29) is 16.2 Å². The number of nitrogens with one attached hydrogen (secondary N) is 1. The van der Waals surface area contributed by atoms with Gasteiger partial charge in [0.05, 0.1) is 17.2 Å². The highest BCUT2D eigenvalue weighted by atomic mass is 79.9. The first-order chi connectivity index (χ1) is 13.9. The molecule has 150 valence electrons. The first kappa shape index (κ1) is 20.0. The Kier molecular flexibility index (Phi) is 5.44. The molecule has 1 aromatic heterocycles. The van der Waals surface area contributed by atoms with Crippen LogP contribution < -0.4 is 5.32 Å². The molecule has 0 bridgehead atoms. The zero-order chi connectivity index (χ0) is 20.7. The van der Waals surface area contributed by atoms with Gasteiger partial charge in [0.2, 0.25) is 0 Å². The Morgan fingerprint density at radius 3 is 2.76 bits per heavy atom. The van der Waals surface area contributed by atoms with Crippen LogP contribution in [0.1, 0.15) is 42.0 Å². The molecule has 29 heavy (non-hydrogen) atoms. The summed E-state index contributed by atoms with van der Waals surface area (Å²) < 4.78 is 19.1. The lowest BCUT2D eigenvalue weighted by atomic mass is 9.72. The number of dihydropyridines is 1. The lowest BCUT2D eigenvalue weighted by molar-refractivity contribution is -0.136. The molecule has 2 heterocycles. The molecule has 1 aliphatic heterocycles. The molecule has 1 aliphatic carbocycles. The molecule has 1 aromatic carbocycles. The molecule has 2 aliphatic rings. The number of rotatable bonds is 3. The van der Waals surface area contributed by atoms with Gasteiger partial charge in [0, 0.05) is 40.1 Å². The Balaban J connectivity index is 1.84. The number of carbonyl (C=O) groups is 2. The maximum Gasteiger partial charge on any atom is 0.336 e. The summed E-state index contributed by atoms with van der Waals surface area (Å²) in [6.07, 6.45) is 1.07. The van der Waals surface area contributed by atoms with Gasteiger partial charge in [-0.3, -0.25) is 4.79 Å². The molecule has 0 fully saturated rings. The molecule has 4 nitrogen and oxygen atoms in total. The largest absolute Gasteiger partial charge is 0.466 e. The van der Waals surface area contributed by atoms with Crippen LogP contribution in [0.15, 0.2) is 62.7 Å². The predicted octanol–water partition coefficient (Wildman–Crippen LogP) is 5.18. The average molecular weight is 476 g/mol. The van der Waals surface area contributed by atoms with Crippen molar-refractivity contribution in [3.05, 3.63) is 79.0 Å². The van der Waals surface area contributed by atoms with E-state index in [1.54, 1.807) is 30.4 Å². The smallest absolute Gasteiger partial charge is 0.336 e. The standard InChI is InChI=1S/C22H19BrFNO3S/c1-11-19(22(27)28-2)20(12-5-6-15(24)14(23)8-12)21-16(25-11)9-13(10-17(21)26)18-4-3-7-29-18/h3-8,13,20,25H,9-10H2,1-2H3/t13-,20+/m0/s1. The molecule has 0 saturated heterocycles. The van der Waals surface area contributed by atoms with Crippen molar-refractivity contribution < 1.29 is 18.7 Å². The van der Waals surface area contributed by atoms with Gasteiger partial charge in [-0.15, -0.1) is 11.3 Å². The van der Waals surface area contributed by atoms with Crippen LogP contribution in [0.4, 0.5) is 4.39 Å². The molecule has 2 atom stereocenters. The minimum absolute atomic E-state index is 0.00324. The van der Waals surface area contributed by atoms with Crippen LogP contribution in [-0.4, -0.2) is 18.9 Å². The fourth-order valence-electron chi connectivity index (χ4n) is 4.17. The van der Waals surface area contributed by atoms with Crippen LogP contribution in [0.3, 0.4) is 0 Å². The summed E-state index contributed by atoms with van der Waals surface area (Å²) in [7, 11) is 1.32. The number of esters is 1. The fraction of sp³-hybridized carbons (Fsp3) is 0.273. The Hall–Kier alpha value is -2.25. The number of carbonyl (C=O) groups excluding carboxylic acids is 2. The van der Waals surface area contributed by atoms with Crippen molar-refractivity contribution in [2.45, 2.75) is 31.6 Å². The highest BCUT2D eigenvalue weighted by molar-refractivity contribution is 9.10. The molecular formula is C22H19BrFNO3S. The number of ether oxygens (including phenoxy) is 1. The lowest BCUT2D eigenvalue weighted by Crippen LogP contribution is -2.35. The van der Waals surface area contributed by atoms with E-state index < -0.39 is 17.7 Å².